The van der Waals surface area contributed by atoms with Crippen LogP contribution in [-0.4, -0.2) is 41.4 Å². The molecule has 108 valence electrons. The standard InChI is InChI=1S/C13H16ClN3O3/c1-20-7-9(18)5-15-6-12-16-11-4-8(14)2-3-10(11)13(19)17-12/h2-4,9,15,18H,5-7H2,1H3,(H,16,17,19). The molecule has 2 aromatic rings. The van der Waals surface area contributed by atoms with Crippen LogP contribution in [0.5, 0.6) is 0 Å². The van der Waals surface area contributed by atoms with E-state index >= 15 is 0 Å². The molecule has 1 aromatic heterocycles. The van der Waals surface area contributed by atoms with E-state index in [1.165, 1.54) is 7.11 Å². The van der Waals surface area contributed by atoms with Crippen molar-refractivity contribution in [2.24, 2.45) is 0 Å². The van der Waals surface area contributed by atoms with E-state index < -0.39 is 6.10 Å². The van der Waals surface area contributed by atoms with Gasteiger partial charge in [-0.3, -0.25) is 4.79 Å². The van der Waals surface area contributed by atoms with Crippen molar-refractivity contribution in [2.75, 3.05) is 20.3 Å². The predicted octanol–water partition coefficient (Wildman–Crippen LogP) is 0.673. The summed E-state index contributed by atoms with van der Waals surface area (Å²) in [6.07, 6.45) is -0.596. The Morgan fingerprint density at radius 2 is 2.35 bits per heavy atom. The summed E-state index contributed by atoms with van der Waals surface area (Å²) in [6.45, 7) is 0.952. The van der Waals surface area contributed by atoms with Crippen LogP contribution in [0.3, 0.4) is 0 Å². The first-order chi connectivity index (χ1) is 9.60. The van der Waals surface area contributed by atoms with Crippen LogP contribution in [0, 0.1) is 0 Å². The van der Waals surface area contributed by atoms with E-state index in [1.807, 2.05) is 0 Å². The first-order valence-corrected chi connectivity index (χ1v) is 6.54. The average Bonchev–Trinajstić information content (AvgIpc) is 2.38. The Hall–Kier alpha value is -1.47. The van der Waals surface area contributed by atoms with Crippen molar-refractivity contribution in [3.05, 3.63) is 39.4 Å². The second-order valence-electron chi connectivity index (χ2n) is 4.41. The molecule has 0 saturated heterocycles. The molecule has 1 atom stereocenters. The number of H-pyrrole nitrogens is 1. The first kappa shape index (κ1) is 14.9. The van der Waals surface area contributed by atoms with Crippen molar-refractivity contribution in [3.8, 4) is 0 Å². The summed E-state index contributed by atoms with van der Waals surface area (Å²) in [4.78, 5) is 18.9. The number of rotatable bonds is 6. The van der Waals surface area contributed by atoms with E-state index in [4.69, 9.17) is 16.3 Å². The monoisotopic (exact) mass is 297 g/mol. The topological polar surface area (TPSA) is 87.2 Å². The highest BCUT2D eigenvalue weighted by molar-refractivity contribution is 6.31. The van der Waals surface area contributed by atoms with Gasteiger partial charge in [-0.2, -0.15) is 0 Å². The minimum Gasteiger partial charge on any atom is -0.389 e. The fourth-order valence-electron chi connectivity index (χ4n) is 1.85. The number of nitrogens with zero attached hydrogens (tertiary/aromatic N) is 1. The van der Waals surface area contributed by atoms with Crippen LogP contribution in [0.15, 0.2) is 23.0 Å². The Bertz CT molecular complexity index is 644. The third-order valence-electron chi connectivity index (χ3n) is 2.75. The molecule has 0 fully saturated rings. The second kappa shape index (κ2) is 6.81. The Kier molecular flexibility index (Phi) is 5.08. The predicted molar refractivity (Wildman–Crippen MR) is 77.0 cm³/mol. The van der Waals surface area contributed by atoms with Crippen molar-refractivity contribution in [3.63, 3.8) is 0 Å². The molecule has 6 nitrogen and oxygen atoms in total. The third-order valence-corrected chi connectivity index (χ3v) is 2.98. The van der Waals surface area contributed by atoms with Crippen molar-refractivity contribution in [2.45, 2.75) is 12.6 Å². The smallest absolute Gasteiger partial charge is 0.258 e. The van der Waals surface area contributed by atoms with Gasteiger partial charge in [0, 0.05) is 18.7 Å². The zero-order valence-corrected chi connectivity index (χ0v) is 11.8. The zero-order chi connectivity index (χ0) is 14.5. The van der Waals surface area contributed by atoms with E-state index in [0.717, 1.165) is 0 Å². The quantitative estimate of drug-likeness (QED) is 0.729. The van der Waals surface area contributed by atoms with Crippen LogP contribution in [0.25, 0.3) is 10.9 Å². The van der Waals surface area contributed by atoms with Gasteiger partial charge in [0.1, 0.15) is 5.82 Å². The lowest BCUT2D eigenvalue weighted by atomic mass is 10.2. The average molecular weight is 298 g/mol. The van der Waals surface area contributed by atoms with Crippen LogP contribution >= 0.6 is 11.6 Å². The molecular formula is C13H16ClN3O3. The van der Waals surface area contributed by atoms with Crippen molar-refractivity contribution >= 4 is 22.5 Å². The lowest BCUT2D eigenvalue weighted by molar-refractivity contribution is 0.0643. The Balaban J connectivity index is 2.09. The van der Waals surface area contributed by atoms with Crippen molar-refractivity contribution in [1.82, 2.24) is 15.3 Å². The summed E-state index contributed by atoms with van der Waals surface area (Å²) >= 11 is 5.89. The maximum Gasteiger partial charge on any atom is 0.258 e. The molecule has 3 N–H and O–H groups in total. The number of ether oxygens (including phenoxy) is 1. The minimum atomic E-state index is -0.596. The highest BCUT2D eigenvalue weighted by Crippen LogP contribution is 2.14. The summed E-state index contributed by atoms with van der Waals surface area (Å²) in [6, 6.07) is 4.94. The van der Waals surface area contributed by atoms with Gasteiger partial charge in [-0.15, -0.1) is 0 Å². The van der Waals surface area contributed by atoms with Gasteiger partial charge in [0.25, 0.3) is 5.56 Å². The Labute approximate surface area is 120 Å². The van der Waals surface area contributed by atoms with Gasteiger partial charge in [-0.25, -0.2) is 4.98 Å². The zero-order valence-electron chi connectivity index (χ0n) is 11.0. The third kappa shape index (κ3) is 3.77. The van der Waals surface area contributed by atoms with Crippen LogP contribution in [0.1, 0.15) is 5.82 Å². The number of nitrogens with one attached hydrogen (secondary N) is 2. The molecule has 0 spiro atoms. The fraction of sp³-hybridized carbons (Fsp3) is 0.385. The van der Waals surface area contributed by atoms with E-state index in [9.17, 15) is 9.90 Å². The van der Waals surface area contributed by atoms with E-state index in [0.29, 0.717) is 34.8 Å². The van der Waals surface area contributed by atoms with Gasteiger partial charge in [-0.05, 0) is 18.2 Å². The molecule has 20 heavy (non-hydrogen) atoms. The van der Waals surface area contributed by atoms with Gasteiger partial charge in [0.05, 0.1) is 30.2 Å². The number of aromatic nitrogens is 2. The van der Waals surface area contributed by atoms with Gasteiger partial charge < -0.3 is 20.1 Å². The van der Waals surface area contributed by atoms with Crippen molar-refractivity contribution < 1.29 is 9.84 Å². The van der Waals surface area contributed by atoms with E-state index in [2.05, 4.69) is 15.3 Å². The lowest BCUT2D eigenvalue weighted by Crippen LogP contribution is -2.30. The highest BCUT2D eigenvalue weighted by Gasteiger charge is 2.06. The number of hydrogen-bond acceptors (Lipinski definition) is 5. The SMILES string of the molecule is COCC(O)CNCc1nc2cc(Cl)ccc2c(=O)[nH]1. The Morgan fingerprint density at radius 1 is 1.55 bits per heavy atom. The molecular weight excluding hydrogens is 282 g/mol. The molecule has 0 aliphatic rings. The Morgan fingerprint density at radius 3 is 3.10 bits per heavy atom. The maximum absolute atomic E-state index is 11.9. The van der Waals surface area contributed by atoms with Gasteiger partial charge in [-0.1, -0.05) is 11.6 Å². The molecule has 0 aliphatic carbocycles. The number of halogens is 1. The van der Waals surface area contributed by atoms with Crippen LogP contribution in [-0.2, 0) is 11.3 Å². The van der Waals surface area contributed by atoms with Crippen LogP contribution in [0.2, 0.25) is 5.02 Å². The summed E-state index contributed by atoms with van der Waals surface area (Å²) in [5.41, 5.74) is 0.344. The summed E-state index contributed by atoms with van der Waals surface area (Å²) in [5, 5.41) is 13.5. The number of aromatic amines is 1. The van der Waals surface area contributed by atoms with Gasteiger partial charge in [0.15, 0.2) is 0 Å². The van der Waals surface area contributed by atoms with Crippen LogP contribution in [0.4, 0.5) is 0 Å². The first-order valence-electron chi connectivity index (χ1n) is 6.16. The molecule has 0 radical (unpaired) electrons. The lowest BCUT2D eigenvalue weighted by Gasteiger charge is -2.10. The largest absolute Gasteiger partial charge is 0.389 e. The molecule has 0 amide bonds. The normalized spacial score (nSPS) is 12.8. The maximum atomic E-state index is 11.9. The molecule has 2 rings (SSSR count). The van der Waals surface area contributed by atoms with E-state index in [-0.39, 0.29) is 12.2 Å². The summed E-state index contributed by atoms with van der Waals surface area (Å²) in [5.74, 6) is 0.495. The number of benzene rings is 1. The number of methoxy groups -OCH3 is 1. The molecule has 1 unspecified atom stereocenters. The van der Waals surface area contributed by atoms with E-state index in [1.54, 1.807) is 18.2 Å². The molecule has 1 aromatic carbocycles. The summed E-state index contributed by atoms with van der Waals surface area (Å²) in [7, 11) is 1.52. The minimum absolute atomic E-state index is 0.207. The van der Waals surface area contributed by atoms with Gasteiger partial charge in [0.2, 0.25) is 0 Å². The molecule has 0 aliphatic heterocycles. The van der Waals surface area contributed by atoms with Crippen molar-refractivity contribution in [1.29, 1.82) is 0 Å². The highest BCUT2D eigenvalue weighted by atomic mass is 35.5. The number of aliphatic hydroxyl groups excluding tert-OH is 1. The molecule has 0 saturated carbocycles. The molecule has 1 heterocycles. The fourth-order valence-corrected chi connectivity index (χ4v) is 2.02. The number of hydrogen-bond donors (Lipinski definition) is 3. The van der Waals surface area contributed by atoms with Gasteiger partial charge >= 0.3 is 0 Å². The molecule has 7 heteroatoms. The summed E-state index contributed by atoms with van der Waals surface area (Å²) < 4.78 is 4.82. The van der Waals surface area contributed by atoms with Crippen LogP contribution < -0.4 is 10.9 Å². The molecule has 0 bridgehead atoms. The second-order valence-corrected chi connectivity index (χ2v) is 4.85. The number of fused-ring (bicyclic) bond motifs is 1. The number of aliphatic hydroxyl groups is 1.